The molecule has 0 unspecified atom stereocenters. The van der Waals surface area contributed by atoms with Gasteiger partial charge in [-0.25, -0.2) is 4.98 Å². The van der Waals surface area contributed by atoms with Crippen molar-refractivity contribution in [3.8, 4) is 0 Å². The average molecular weight is 203 g/mol. The van der Waals surface area contributed by atoms with Crippen LogP contribution in [-0.2, 0) is 0 Å². The molecule has 0 saturated carbocycles. The molecule has 0 aromatic carbocycles. The van der Waals surface area contributed by atoms with Crippen LogP contribution < -0.4 is 5.32 Å². The fraction of sp³-hybridized carbons (Fsp3) is 0.500. The first-order valence-electron chi connectivity index (χ1n) is 5.30. The van der Waals surface area contributed by atoms with Gasteiger partial charge in [-0.3, -0.25) is 4.40 Å². The highest BCUT2D eigenvalue weighted by Gasteiger charge is 2.17. The van der Waals surface area contributed by atoms with Gasteiger partial charge >= 0.3 is 0 Å². The molecule has 1 saturated heterocycles. The van der Waals surface area contributed by atoms with Gasteiger partial charge in [-0.15, -0.1) is 10.2 Å². The van der Waals surface area contributed by atoms with Crippen molar-refractivity contribution in [2.75, 3.05) is 13.1 Å². The first kappa shape index (κ1) is 8.79. The van der Waals surface area contributed by atoms with E-state index in [1.54, 1.807) is 6.33 Å². The molecule has 2 aromatic rings. The molecule has 1 aliphatic heterocycles. The van der Waals surface area contributed by atoms with Gasteiger partial charge < -0.3 is 5.32 Å². The summed E-state index contributed by atoms with van der Waals surface area (Å²) in [6.45, 7) is 2.19. The molecule has 0 atom stereocenters. The van der Waals surface area contributed by atoms with Gasteiger partial charge in [-0.2, -0.15) is 0 Å². The highest BCUT2D eigenvalue weighted by Crippen LogP contribution is 2.24. The predicted molar refractivity (Wildman–Crippen MR) is 55.6 cm³/mol. The summed E-state index contributed by atoms with van der Waals surface area (Å²) in [7, 11) is 0. The number of aromatic nitrogens is 4. The van der Waals surface area contributed by atoms with E-state index in [0.717, 1.165) is 13.1 Å². The zero-order chi connectivity index (χ0) is 10.1. The van der Waals surface area contributed by atoms with E-state index in [1.165, 1.54) is 18.5 Å². The van der Waals surface area contributed by atoms with E-state index in [1.807, 2.05) is 10.6 Å². The average Bonchev–Trinajstić information content (AvgIpc) is 2.78. The van der Waals surface area contributed by atoms with Crippen molar-refractivity contribution in [1.29, 1.82) is 0 Å². The van der Waals surface area contributed by atoms with Crippen molar-refractivity contribution in [3.05, 3.63) is 24.3 Å². The van der Waals surface area contributed by atoms with Gasteiger partial charge in [0.2, 0.25) is 0 Å². The Bertz CT molecular complexity index is 458. The highest BCUT2D eigenvalue weighted by atomic mass is 15.3. The molecule has 3 heterocycles. The van der Waals surface area contributed by atoms with E-state index in [-0.39, 0.29) is 0 Å². The molecule has 1 N–H and O–H groups in total. The SMILES string of the molecule is c1cc(C2CCNCC2)n2cnnc2n1. The van der Waals surface area contributed by atoms with Crippen LogP contribution in [0.15, 0.2) is 18.6 Å². The summed E-state index contributed by atoms with van der Waals surface area (Å²) in [6, 6.07) is 2.08. The predicted octanol–water partition coefficient (Wildman–Crippen LogP) is 0.591. The Morgan fingerprint density at radius 1 is 1.33 bits per heavy atom. The Hall–Kier alpha value is -1.49. The minimum atomic E-state index is 0.604. The van der Waals surface area contributed by atoms with Crippen LogP contribution in [0.25, 0.3) is 5.78 Å². The van der Waals surface area contributed by atoms with Crippen molar-refractivity contribution in [1.82, 2.24) is 24.9 Å². The second-order valence-corrected chi connectivity index (χ2v) is 3.89. The fourth-order valence-electron chi connectivity index (χ4n) is 2.21. The number of rotatable bonds is 1. The number of nitrogens with one attached hydrogen (secondary N) is 1. The summed E-state index contributed by atoms with van der Waals surface area (Å²) in [6.07, 6.45) is 5.93. The van der Waals surface area contributed by atoms with Gasteiger partial charge in [0.15, 0.2) is 0 Å². The largest absolute Gasteiger partial charge is 0.317 e. The molecule has 0 spiro atoms. The topological polar surface area (TPSA) is 55.1 Å². The van der Waals surface area contributed by atoms with Crippen LogP contribution in [0.5, 0.6) is 0 Å². The van der Waals surface area contributed by atoms with Gasteiger partial charge in [-0.05, 0) is 32.0 Å². The molecule has 15 heavy (non-hydrogen) atoms. The normalized spacial score (nSPS) is 18.4. The van der Waals surface area contributed by atoms with E-state index >= 15 is 0 Å². The molecule has 3 rings (SSSR count). The van der Waals surface area contributed by atoms with Crippen molar-refractivity contribution < 1.29 is 0 Å². The second-order valence-electron chi connectivity index (χ2n) is 3.89. The summed E-state index contributed by atoms with van der Waals surface area (Å²) in [4.78, 5) is 4.17. The standard InChI is InChI=1S/C10H13N5/c1-4-11-5-2-8(1)9-3-6-12-10-14-13-7-15(9)10/h3,6-8,11H,1-2,4-5H2. The molecule has 1 fully saturated rings. The summed E-state index contributed by atoms with van der Waals surface area (Å²) < 4.78 is 2.00. The molecule has 0 radical (unpaired) electrons. The molecule has 2 aromatic heterocycles. The van der Waals surface area contributed by atoms with Crippen LogP contribution in [0.3, 0.4) is 0 Å². The highest BCUT2D eigenvalue weighted by molar-refractivity contribution is 5.29. The third-order valence-electron chi connectivity index (χ3n) is 3.00. The van der Waals surface area contributed by atoms with E-state index in [9.17, 15) is 0 Å². The zero-order valence-corrected chi connectivity index (χ0v) is 8.43. The summed E-state index contributed by atoms with van der Waals surface area (Å²) >= 11 is 0. The Kier molecular flexibility index (Phi) is 2.10. The Balaban J connectivity index is 2.05. The van der Waals surface area contributed by atoms with Crippen LogP contribution in [0, 0.1) is 0 Å². The Labute approximate surface area is 87.5 Å². The van der Waals surface area contributed by atoms with Crippen LogP contribution in [0.4, 0.5) is 0 Å². The molecule has 5 nitrogen and oxygen atoms in total. The van der Waals surface area contributed by atoms with Gasteiger partial charge in [0.25, 0.3) is 5.78 Å². The minimum Gasteiger partial charge on any atom is -0.317 e. The number of piperidine rings is 1. The van der Waals surface area contributed by atoms with Crippen LogP contribution >= 0.6 is 0 Å². The van der Waals surface area contributed by atoms with Crippen LogP contribution in [0.1, 0.15) is 24.5 Å². The molecular formula is C10H13N5. The van der Waals surface area contributed by atoms with Gasteiger partial charge in [0, 0.05) is 17.8 Å². The molecule has 78 valence electrons. The monoisotopic (exact) mass is 203 g/mol. The summed E-state index contributed by atoms with van der Waals surface area (Å²) in [5.74, 6) is 1.30. The third-order valence-corrected chi connectivity index (χ3v) is 3.00. The number of hydrogen-bond donors (Lipinski definition) is 1. The van der Waals surface area contributed by atoms with E-state index in [0.29, 0.717) is 11.7 Å². The van der Waals surface area contributed by atoms with E-state index < -0.39 is 0 Å². The third kappa shape index (κ3) is 1.48. The fourth-order valence-corrected chi connectivity index (χ4v) is 2.21. The number of fused-ring (bicyclic) bond motifs is 1. The molecule has 0 aliphatic carbocycles. The van der Waals surface area contributed by atoms with E-state index in [4.69, 9.17) is 0 Å². The summed E-state index contributed by atoms with van der Waals surface area (Å²) in [5.41, 5.74) is 1.28. The lowest BCUT2D eigenvalue weighted by atomic mass is 9.94. The maximum absolute atomic E-state index is 4.17. The maximum atomic E-state index is 4.17. The molecule has 5 heteroatoms. The van der Waals surface area contributed by atoms with Crippen LogP contribution in [-0.4, -0.2) is 32.7 Å². The van der Waals surface area contributed by atoms with E-state index in [2.05, 4.69) is 26.6 Å². The lowest BCUT2D eigenvalue weighted by Gasteiger charge is -2.23. The minimum absolute atomic E-state index is 0.604. The van der Waals surface area contributed by atoms with Gasteiger partial charge in [0.1, 0.15) is 6.33 Å². The molecule has 0 amide bonds. The molecule has 0 bridgehead atoms. The smallest absolute Gasteiger partial charge is 0.254 e. The van der Waals surface area contributed by atoms with Crippen molar-refractivity contribution in [3.63, 3.8) is 0 Å². The van der Waals surface area contributed by atoms with Gasteiger partial charge in [0.05, 0.1) is 0 Å². The number of nitrogens with zero attached hydrogens (tertiary/aromatic N) is 4. The summed E-state index contributed by atoms with van der Waals surface area (Å²) in [5, 5.41) is 11.2. The first-order valence-corrected chi connectivity index (χ1v) is 5.30. The maximum Gasteiger partial charge on any atom is 0.254 e. The molecular weight excluding hydrogens is 190 g/mol. The number of hydrogen-bond acceptors (Lipinski definition) is 4. The first-order chi connectivity index (χ1) is 7.45. The van der Waals surface area contributed by atoms with Crippen molar-refractivity contribution in [2.45, 2.75) is 18.8 Å². The molecule has 1 aliphatic rings. The van der Waals surface area contributed by atoms with Crippen molar-refractivity contribution in [2.24, 2.45) is 0 Å². The Morgan fingerprint density at radius 2 is 2.20 bits per heavy atom. The second kappa shape index (κ2) is 3.58. The lowest BCUT2D eigenvalue weighted by molar-refractivity contribution is 0.450. The van der Waals surface area contributed by atoms with Crippen molar-refractivity contribution >= 4 is 5.78 Å². The zero-order valence-electron chi connectivity index (χ0n) is 8.43. The quantitative estimate of drug-likeness (QED) is 0.737. The lowest BCUT2D eigenvalue weighted by Crippen LogP contribution is -2.27. The van der Waals surface area contributed by atoms with Gasteiger partial charge in [-0.1, -0.05) is 0 Å². The Morgan fingerprint density at radius 3 is 3.07 bits per heavy atom. The van der Waals surface area contributed by atoms with Crippen LogP contribution in [0.2, 0.25) is 0 Å².